The van der Waals surface area contributed by atoms with E-state index in [1.165, 1.54) is 0 Å². The number of aryl methyl sites for hydroxylation is 1. The van der Waals surface area contributed by atoms with E-state index in [9.17, 15) is 10.2 Å². The summed E-state index contributed by atoms with van der Waals surface area (Å²) in [5.41, 5.74) is 4.02. The molecule has 312 valence electrons. The molecule has 1 aromatic heterocycles. The van der Waals surface area contributed by atoms with Crippen molar-refractivity contribution in [1.29, 1.82) is 0 Å². The second-order valence-electron chi connectivity index (χ2n) is 16.1. The largest absolute Gasteiger partial charge is 0.460 e. The molecule has 1 saturated carbocycles. The minimum atomic E-state index is -1.06. The van der Waals surface area contributed by atoms with Crippen molar-refractivity contribution in [1.82, 2.24) is 9.97 Å². The molecular formula is C48H57N3O7S. The SMILES string of the molecule is C=CCO[C@@]12Oc3ccc(Oc4ccc5ccccc5c4)cc3[C@H]3[C@H](CCCCO)[C@@H](CCCCO)C=C(C(=NOC4CCCCO4)C[C@@H]1SCCc1cnccn1)[C@H]32. The third-order valence-corrected chi connectivity index (χ3v) is 13.6. The van der Waals surface area contributed by atoms with Crippen LogP contribution in [0.25, 0.3) is 10.8 Å². The maximum Gasteiger partial charge on any atom is 0.230 e. The monoisotopic (exact) mass is 819 g/mol. The Morgan fingerprint density at radius 2 is 1.78 bits per heavy atom. The Labute approximate surface area is 352 Å². The lowest BCUT2D eigenvalue weighted by Crippen LogP contribution is -2.64. The lowest BCUT2D eigenvalue weighted by atomic mass is 9.56. The lowest BCUT2D eigenvalue weighted by molar-refractivity contribution is -0.223. The summed E-state index contributed by atoms with van der Waals surface area (Å²) in [5, 5.41) is 27.0. The summed E-state index contributed by atoms with van der Waals surface area (Å²) in [6, 6.07) is 20.7. The fourth-order valence-electron chi connectivity index (χ4n) is 9.59. The zero-order valence-corrected chi connectivity index (χ0v) is 34.6. The standard InChI is InChI=1S/C48H57N3O7S/c1-2-25-55-48-44(59-27-20-36-32-49-21-22-50-36)31-42(51-58-45-15-7-10-26-54-45)40-29-35(13-5-8-23-52)39(14-6-9-24-53)46(47(40)48)41-30-38(18-19-43(41)57-48)56-37-17-16-33-11-3-4-12-34(33)28-37/h2-4,11-12,16-19,21-22,28-30,32,35,39,44-47,52-53H,1,5-10,13-15,20,23-27,31H2/t35-,39+,44-,45?,46+,47+,48+/m0/s1. The van der Waals surface area contributed by atoms with Crippen molar-refractivity contribution in [2.24, 2.45) is 22.9 Å². The van der Waals surface area contributed by atoms with Crippen molar-refractivity contribution in [3.05, 3.63) is 115 Å². The number of benzene rings is 3. The van der Waals surface area contributed by atoms with E-state index in [2.05, 4.69) is 59.0 Å². The van der Waals surface area contributed by atoms with Crippen LogP contribution >= 0.6 is 11.8 Å². The minimum Gasteiger partial charge on any atom is -0.460 e. The smallest absolute Gasteiger partial charge is 0.230 e. The summed E-state index contributed by atoms with van der Waals surface area (Å²) in [6.07, 6.45) is 18.4. The summed E-state index contributed by atoms with van der Waals surface area (Å²) in [4.78, 5) is 15.1. The number of oxime groups is 1. The number of aliphatic hydroxyl groups is 2. The van der Waals surface area contributed by atoms with E-state index in [1.807, 2.05) is 42.2 Å². The van der Waals surface area contributed by atoms with Gasteiger partial charge in [0.2, 0.25) is 12.1 Å². The fraction of sp³-hybridized carbons (Fsp3) is 0.479. The van der Waals surface area contributed by atoms with E-state index in [-0.39, 0.29) is 48.4 Å². The quantitative estimate of drug-likeness (QED) is 0.0537. The number of nitrogens with zero attached hydrogens (tertiary/aromatic N) is 3. The van der Waals surface area contributed by atoms with Crippen molar-refractivity contribution >= 4 is 28.2 Å². The van der Waals surface area contributed by atoms with E-state index < -0.39 is 5.79 Å². The highest BCUT2D eigenvalue weighted by molar-refractivity contribution is 8.00. The number of hydrogen-bond acceptors (Lipinski definition) is 11. The molecule has 0 amide bonds. The van der Waals surface area contributed by atoms with Gasteiger partial charge in [-0.25, -0.2) is 0 Å². The molecule has 10 nitrogen and oxygen atoms in total. The van der Waals surface area contributed by atoms with Crippen LogP contribution in [0.5, 0.6) is 17.2 Å². The third kappa shape index (κ3) is 9.40. The molecule has 0 spiro atoms. The van der Waals surface area contributed by atoms with Crippen LogP contribution in [0.15, 0.2) is 109 Å². The molecule has 8 rings (SSSR count). The first-order valence-corrected chi connectivity index (χ1v) is 22.5. The van der Waals surface area contributed by atoms with Crippen LogP contribution in [0, 0.1) is 17.8 Å². The highest BCUT2D eigenvalue weighted by atomic mass is 32.2. The molecule has 2 fully saturated rings. The molecule has 4 aromatic rings. The van der Waals surface area contributed by atoms with Gasteiger partial charge in [0.15, 0.2) is 0 Å². The van der Waals surface area contributed by atoms with E-state index in [1.54, 1.807) is 18.5 Å². The molecule has 2 N–H and O–H groups in total. The van der Waals surface area contributed by atoms with Gasteiger partial charge in [-0.05, 0) is 103 Å². The van der Waals surface area contributed by atoms with E-state index in [4.69, 9.17) is 28.9 Å². The molecule has 0 radical (unpaired) electrons. The van der Waals surface area contributed by atoms with E-state index in [0.717, 1.165) is 121 Å². The van der Waals surface area contributed by atoms with Crippen LogP contribution < -0.4 is 9.47 Å². The van der Waals surface area contributed by atoms with E-state index in [0.29, 0.717) is 19.6 Å². The van der Waals surface area contributed by atoms with Gasteiger partial charge >= 0.3 is 0 Å². The maximum atomic E-state index is 9.98. The van der Waals surface area contributed by atoms with Crippen molar-refractivity contribution in [3.63, 3.8) is 0 Å². The predicted molar refractivity (Wildman–Crippen MR) is 232 cm³/mol. The summed E-state index contributed by atoms with van der Waals surface area (Å²) >= 11 is 1.82. The molecule has 7 atom stereocenters. The van der Waals surface area contributed by atoms with Crippen LogP contribution in [-0.2, 0) is 20.7 Å². The summed E-state index contributed by atoms with van der Waals surface area (Å²) in [7, 11) is 0. The molecule has 1 saturated heterocycles. The normalized spacial score (nSPS) is 26.7. The van der Waals surface area contributed by atoms with Gasteiger partial charge in [0, 0.05) is 62.5 Å². The Morgan fingerprint density at radius 3 is 2.58 bits per heavy atom. The number of unbranched alkanes of at least 4 members (excludes halogenated alkanes) is 2. The topological polar surface area (TPSA) is 125 Å². The van der Waals surface area contributed by atoms with Crippen LogP contribution in [0.4, 0.5) is 0 Å². The second-order valence-corrected chi connectivity index (χ2v) is 17.4. The zero-order chi connectivity index (χ0) is 40.4. The average Bonchev–Trinajstić information content (AvgIpc) is 3.27. The number of hydrogen-bond donors (Lipinski definition) is 2. The number of thioether (sulfide) groups is 1. The zero-order valence-electron chi connectivity index (χ0n) is 33.8. The fourth-order valence-corrected chi connectivity index (χ4v) is 11.0. The van der Waals surface area contributed by atoms with Crippen molar-refractivity contribution in [3.8, 4) is 17.2 Å². The molecule has 4 aliphatic rings. The lowest BCUT2D eigenvalue weighted by Gasteiger charge is -2.58. The van der Waals surface area contributed by atoms with Gasteiger partial charge in [-0.3, -0.25) is 9.97 Å². The molecule has 0 bridgehead atoms. The molecule has 3 heterocycles. The predicted octanol–water partition coefficient (Wildman–Crippen LogP) is 9.56. The Bertz CT molecular complexity index is 2070. The first kappa shape index (κ1) is 41.5. The number of rotatable bonds is 19. The number of fused-ring (bicyclic) bond motifs is 3. The number of aliphatic hydroxyl groups excluding tert-OH is 2. The van der Waals surface area contributed by atoms with Crippen molar-refractivity contribution in [2.45, 2.75) is 93.9 Å². The molecule has 1 unspecified atom stereocenters. The summed E-state index contributed by atoms with van der Waals surface area (Å²) in [6.45, 7) is 5.35. The van der Waals surface area contributed by atoms with E-state index >= 15 is 0 Å². The minimum absolute atomic E-state index is 0.0407. The second kappa shape index (κ2) is 19.9. The Morgan fingerprint density at radius 1 is 0.949 bits per heavy atom. The van der Waals surface area contributed by atoms with Gasteiger partial charge in [-0.15, -0.1) is 6.58 Å². The van der Waals surface area contributed by atoms with Gasteiger partial charge in [-0.2, -0.15) is 11.8 Å². The molecule has 3 aromatic carbocycles. The molecule has 2 aliphatic carbocycles. The number of ether oxygens (including phenoxy) is 4. The Hall–Kier alpha value is -4.26. The van der Waals surface area contributed by atoms with Crippen LogP contribution in [-0.4, -0.2) is 75.4 Å². The van der Waals surface area contributed by atoms with Crippen LogP contribution in [0.3, 0.4) is 0 Å². The van der Waals surface area contributed by atoms with Gasteiger partial charge in [0.1, 0.15) is 17.2 Å². The highest BCUT2D eigenvalue weighted by Gasteiger charge is 2.64. The van der Waals surface area contributed by atoms with Crippen LogP contribution in [0.1, 0.15) is 81.4 Å². The first-order valence-electron chi connectivity index (χ1n) is 21.5. The van der Waals surface area contributed by atoms with Gasteiger partial charge in [0.25, 0.3) is 0 Å². The molecule has 59 heavy (non-hydrogen) atoms. The summed E-state index contributed by atoms with van der Waals surface area (Å²) < 4.78 is 27.1. The third-order valence-electron chi connectivity index (χ3n) is 12.3. The average molecular weight is 820 g/mol. The van der Waals surface area contributed by atoms with Crippen molar-refractivity contribution < 1.29 is 34.0 Å². The summed E-state index contributed by atoms with van der Waals surface area (Å²) in [5.74, 6) is 2.10. The first-order chi connectivity index (χ1) is 29.1. The Kier molecular flexibility index (Phi) is 14.0. The van der Waals surface area contributed by atoms with Crippen LogP contribution in [0.2, 0.25) is 0 Å². The van der Waals surface area contributed by atoms with Gasteiger partial charge < -0.3 is 34.0 Å². The van der Waals surface area contributed by atoms with Gasteiger partial charge in [-0.1, -0.05) is 60.5 Å². The molecule has 2 aliphatic heterocycles. The van der Waals surface area contributed by atoms with Crippen molar-refractivity contribution in [2.75, 3.05) is 32.2 Å². The van der Waals surface area contributed by atoms with Gasteiger partial charge in [0.05, 0.1) is 35.8 Å². The molecular weight excluding hydrogens is 763 g/mol. The maximum absolute atomic E-state index is 9.98. The molecule has 11 heteroatoms. The number of aromatic nitrogens is 2. The number of allylic oxidation sites excluding steroid dienone is 1. The Balaban J connectivity index is 1.25. The highest BCUT2D eigenvalue weighted by Crippen LogP contribution is 2.62.